The molecule has 1 aromatic heterocycles. The molecule has 1 aromatic carbocycles. The summed E-state index contributed by atoms with van der Waals surface area (Å²) >= 11 is 0. The normalized spacial score (nSPS) is 16.0. The van der Waals surface area contributed by atoms with Gasteiger partial charge in [-0.2, -0.15) is 0 Å². The zero-order chi connectivity index (χ0) is 20.3. The molecule has 1 unspecified atom stereocenters. The molecule has 0 saturated carbocycles. The summed E-state index contributed by atoms with van der Waals surface area (Å²) in [6.07, 6.45) is 3.08. The molecule has 3 rings (SSSR count). The lowest BCUT2D eigenvalue weighted by Gasteiger charge is -2.25. The molecule has 1 aliphatic rings. The van der Waals surface area contributed by atoms with Crippen molar-refractivity contribution < 1.29 is 14.3 Å². The van der Waals surface area contributed by atoms with Gasteiger partial charge < -0.3 is 19.9 Å². The standard InChI is InChI=1S/C21H28N4O3/c1-5-15-13-23-19(24-15)17-12-14-8-6-7-9-16(14)25(17)18(26)10-11-22-20(27)28-21(2,3)4/h6-9,13,17H,5,10-12H2,1-4H3,(H,22,27)(H,23,24). The highest BCUT2D eigenvalue weighted by Crippen LogP contribution is 2.39. The van der Waals surface area contributed by atoms with Crippen LogP contribution < -0.4 is 10.2 Å². The maximum atomic E-state index is 13.0. The fourth-order valence-corrected chi connectivity index (χ4v) is 3.34. The molecule has 1 atom stereocenters. The third kappa shape index (κ3) is 4.52. The van der Waals surface area contributed by atoms with E-state index in [0.29, 0.717) is 0 Å². The van der Waals surface area contributed by atoms with Gasteiger partial charge in [-0.25, -0.2) is 9.78 Å². The van der Waals surface area contributed by atoms with Gasteiger partial charge in [0.2, 0.25) is 5.91 Å². The molecule has 2 amide bonds. The molecule has 150 valence electrons. The van der Waals surface area contributed by atoms with E-state index < -0.39 is 11.7 Å². The van der Waals surface area contributed by atoms with Crippen molar-refractivity contribution in [3.05, 3.63) is 47.5 Å². The van der Waals surface area contributed by atoms with E-state index in [-0.39, 0.29) is 24.9 Å². The van der Waals surface area contributed by atoms with Crippen molar-refractivity contribution >= 4 is 17.7 Å². The van der Waals surface area contributed by atoms with Crippen molar-refractivity contribution in [1.82, 2.24) is 15.3 Å². The Kier molecular flexibility index (Phi) is 5.72. The van der Waals surface area contributed by atoms with E-state index in [0.717, 1.165) is 35.6 Å². The van der Waals surface area contributed by atoms with Crippen LogP contribution in [0, 0.1) is 0 Å². The second kappa shape index (κ2) is 8.04. The van der Waals surface area contributed by atoms with Gasteiger partial charge in [-0.05, 0) is 38.8 Å². The van der Waals surface area contributed by atoms with Gasteiger partial charge in [-0.3, -0.25) is 4.79 Å². The Morgan fingerprint density at radius 3 is 2.75 bits per heavy atom. The quantitative estimate of drug-likeness (QED) is 0.826. The van der Waals surface area contributed by atoms with Crippen LogP contribution >= 0.6 is 0 Å². The van der Waals surface area contributed by atoms with Crippen LogP contribution in [0.2, 0.25) is 0 Å². The largest absolute Gasteiger partial charge is 0.444 e. The Balaban J connectivity index is 1.70. The summed E-state index contributed by atoms with van der Waals surface area (Å²) in [5.74, 6) is 0.738. The topological polar surface area (TPSA) is 87.3 Å². The smallest absolute Gasteiger partial charge is 0.407 e. The number of fused-ring (bicyclic) bond motifs is 1. The van der Waals surface area contributed by atoms with Crippen LogP contribution in [-0.4, -0.2) is 34.1 Å². The molecule has 0 fully saturated rings. The van der Waals surface area contributed by atoms with E-state index in [1.165, 1.54) is 0 Å². The number of para-hydroxylation sites is 1. The summed E-state index contributed by atoms with van der Waals surface area (Å²) in [7, 11) is 0. The maximum Gasteiger partial charge on any atom is 0.407 e. The number of nitrogens with one attached hydrogen (secondary N) is 2. The molecule has 1 aliphatic heterocycles. The SMILES string of the molecule is CCc1cnc(C2Cc3ccccc3N2C(=O)CCNC(=O)OC(C)(C)C)[nH]1. The lowest BCUT2D eigenvalue weighted by atomic mass is 10.1. The monoisotopic (exact) mass is 384 g/mol. The molecular formula is C21H28N4O3. The number of hydrogen-bond donors (Lipinski definition) is 2. The number of carbonyl (C=O) groups excluding carboxylic acids is 2. The van der Waals surface area contributed by atoms with Crippen LogP contribution in [0.1, 0.15) is 57.2 Å². The highest BCUT2D eigenvalue weighted by molar-refractivity contribution is 5.96. The Morgan fingerprint density at radius 2 is 2.07 bits per heavy atom. The Morgan fingerprint density at radius 1 is 1.32 bits per heavy atom. The summed E-state index contributed by atoms with van der Waals surface area (Å²) in [5, 5.41) is 2.65. The summed E-state index contributed by atoms with van der Waals surface area (Å²) in [4.78, 5) is 34.5. The molecule has 2 heterocycles. The van der Waals surface area contributed by atoms with Gasteiger partial charge >= 0.3 is 6.09 Å². The summed E-state index contributed by atoms with van der Waals surface area (Å²) in [6.45, 7) is 7.69. The summed E-state index contributed by atoms with van der Waals surface area (Å²) in [6, 6.07) is 7.75. The van der Waals surface area contributed by atoms with Crippen LogP contribution in [0.25, 0.3) is 0 Å². The minimum absolute atomic E-state index is 0.0551. The molecule has 0 bridgehead atoms. The molecule has 2 N–H and O–H groups in total. The average molecular weight is 384 g/mol. The second-order valence-corrected chi connectivity index (χ2v) is 7.94. The number of aryl methyl sites for hydroxylation is 1. The zero-order valence-electron chi connectivity index (χ0n) is 16.9. The molecule has 0 spiro atoms. The van der Waals surface area contributed by atoms with E-state index in [9.17, 15) is 9.59 Å². The molecule has 28 heavy (non-hydrogen) atoms. The first-order valence-corrected chi connectivity index (χ1v) is 9.69. The number of amides is 2. The van der Waals surface area contributed by atoms with Crippen LogP contribution in [0.5, 0.6) is 0 Å². The van der Waals surface area contributed by atoms with Gasteiger partial charge in [0.15, 0.2) is 0 Å². The molecule has 0 aliphatic carbocycles. The fourth-order valence-electron chi connectivity index (χ4n) is 3.34. The van der Waals surface area contributed by atoms with Gasteiger partial charge in [0, 0.05) is 37.0 Å². The third-order valence-electron chi connectivity index (χ3n) is 4.60. The number of alkyl carbamates (subject to hydrolysis) is 1. The molecule has 0 radical (unpaired) electrons. The lowest BCUT2D eigenvalue weighted by Crippen LogP contribution is -2.37. The molecule has 2 aromatic rings. The van der Waals surface area contributed by atoms with Crippen molar-refractivity contribution in [3.63, 3.8) is 0 Å². The number of rotatable bonds is 5. The van der Waals surface area contributed by atoms with Crippen molar-refractivity contribution in [2.45, 2.75) is 58.6 Å². The van der Waals surface area contributed by atoms with Crippen molar-refractivity contribution in [2.75, 3.05) is 11.4 Å². The first-order valence-electron chi connectivity index (χ1n) is 9.69. The number of carbonyl (C=O) groups is 2. The van der Waals surface area contributed by atoms with Crippen LogP contribution in [0.4, 0.5) is 10.5 Å². The zero-order valence-corrected chi connectivity index (χ0v) is 16.9. The van der Waals surface area contributed by atoms with E-state index in [2.05, 4.69) is 22.2 Å². The number of aromatic amines is 1. The van der Waals surface area contributed by atoms with Gasteiger partial charge in [0.25, 0.3) is 0 Å². The number of imidazole rings is 1. The van der Waals surface area contributed by atoms with Crippen LogP contribution in [0.15, 0.2) is 30.5 Å². The number of nitrogens with zero attached hydrogens (tertiary/aromatic N) is 2. The minimum Gasteiger partial charge on any atom is -0.444 e. The van der Waals surface area contributed by atoms with E-state index in [1.807, 2.05) is 30.5 Å². The molecule has 7 nitrogen and oxygen atoms in total. The van der Waals surface area contributed by atoms with Crippen molar-refractivity contribution in [3.8, 4) is 0 Å². The lowest BCUT2D eigenvalue weighted by molar-refractivity contribution is -0.118. The predicted molar refractivity (Wildman–Crippen MR) is 107 cm³/mol. The average Bonchev–Trinajstić information content (AvgIpc) is 3.24. The Bertz CT molecular complexity index is 853. The summed E-state index contributed by atoms with van der Waals surface area (Å²) < 4.78 is 5.22. The maximum absolute atomic E-state index is 13.0. The van der Waals surface area contributed by atoms with Crippen LogP contribution in [0.3, 0.4) is 0 Å². The predicted octanol–water partition coefficient (Wildman–Crippen LogP) is 3.52. The number of ether oxygens (including phenoxy) is 1. The Labute approximate surface area is 165 Å². The van der Waals surface area contributed by atoms with Crippen molar-refractivity contribution in [2.24, 2.45) is 0 Å². The number of benzene rings is 1. The second-order valence-electron chi connectivity index (χ2n) is 7.94. The van der Waals surface area contributed by atoms with Gasteiger partial charge in [0.1, 0.15) is 11.4 Å². The number of hydrogen-bond acceptors (Lipinski definition) is 4. The van der Waals surface area contributed by atoms with Gasteiger partial charge in [0.05, 0.1) is 6.04 Å². The van der Waals surface area contributed by atoms with E-state index in [1.54, 1.807) is 25.7 Å². The third-order valence-corrected chi connectivity index (χ3v) is 4.60. The first-order chi connectivity index (χ1) is 13.3. The number of aromatic nitrogens is 2. The van der Waals surface area contributed by atoms with E-state index in [4.69, 9.17) is 4.74 Å². The Hall–Kier alpha value is -2.83. The van der Waals surface area contributed by atoms with E-state index >= 15 is 0 Å². The molecular weight excluding hydrogens is 356 g/mol. The molecule has 0 saturated heterocycles. The highest BCUT2D eigenvalue weighted by atomic mass is 16.6. The summed E-state index contributed by atoms with van der Waals surface area (Å²) in [5.41, 5.74) is 2.51. The number of H-pyrrole nitrogens is 1. The fraction of sp³-hybridized carbons (Fsp3) is 0.476. The molecule has 7 heteroatoms. The van der Waals surface area contributed by atoms with Crippen molar-refractivity contribution in [1.29, 1.82) is 0 Å². The van der Waals surface area contributed by atoms with Crippen LogP contribution in [-0.2, 0) is 22.4 Å². The minimum atomic E-state index is -0.566. The number of anilines is 1. The highest BCUT2D eigenvalue weighted by Gasteiger charge is 2.36. The van der Waals surface area contributed by atoms with Gasteiger partial charge in [-0.1, -0.05) is 25.1 Å². The first kappa shape index (κ1) is 19.9. The van der Waals surface area contributed by atoms with Gasteiger partial charge in [-0.15, -0.1) is 0 Å².